The summed E-state index contributed by atoms with van der Waals surface area (Å²) in [7, 11) is 2.16. The quantitative estimate of drug-likeness (QED) is 0.889. The third-order valence-corrected chi connectivity index (χ3v) is 5.71. The molecule has 0 bridgehead atoms. The van der Waals surface area contributed by atoms with Crippen molar-refractivity contribution in [3.05, 3.63) is 29.8 Å². The SMILES string of the molecule is CN1C[C@@H]2CN(C(=O)c3ccc(N4CCNC4=O)cc3)C[C@]2(C)C1. The van der Waals surface area contributed by atoms with Crippen LogP contribution in [0, 0.1) is 11.3 Å². The second kappa shape index (κ2) is 5.48. The molecule has 6 heteroatoms. The summed E-state index contributed by atoms with van der Waals surface area (Å²) in [6.07, 6.45) is 0. The van der Waals surface area contributed by atoms with Gasteiger partial charge in [-0.25, -0.2) is 4.79 Å². The van der Waals surface area contributed by atoms with Crippen LogP contribution in [-0.2, 0) is 0 Å². The van der Waals surface area contributed by atoms with E-state index in [1.54, 1.807) is 4.90 Å². The van der Waals surface area contributed by atoms with E-state index in [0.29, 0.717) is 24.6 Å². The minimum atomic E-state index is -0.0708. The van der Waals surface area contributed by atoms with E-state index in [9.17, 15) is 9.59 Å². The van der Waals surface area contributed by atoms with E-state index >= 15 is 0 Å². The maximum absolute atomic E-state index is 12.8. The molecule has 3 saturated heterocycles. The van der Waals surface area contributed by atoms with E-state index in [2.05, 4.69) is 24.2 Å². The van der Waals surface area contributed by atoms with E-state index in [-0.39, 0.29) is 17.4 Å². The minimum Gasteiger partial charge on any atom is -0.338 e. The molecular weight excluding hydrogens is 304 g/mol. The molecule has 3 fully saturated rings. The second-order valence-electron chi connectivity index (χ2n) is 7.66. The van der Waals surface area contributed by atoms with Gasteiger partial charge < -0.3 is 15.1 Å². The molecular formula is C18H24N4O2. The Morgan fingerprint density at radius 1 is 1.21 bits per heavy atom. The number of likely N-dealkylation sites (tertiary alicyclic amines) is 2. The molecule has 0 saturated carbocycles. The highest BCUT2D eigenvalue weighted by molar-refractivity contribution is 5.97. The van der Waals surface area contributed by atoms with Gasteiger partial charge in [0.1, 0.15) is 0 Å². The van der Waals surface area contributed by atoms with Crippen LogP contribution in [0.2, 0.25) is 0 Å². The Kier molecular flexibility index (Phi) is 3.53. The van der Waals surface area contributed by atoms with Crippen molar-refractivity contribution in [1.29, 1.82) is 0 Å². The van der Waals surface area contributed by atoms with Crippen molar-refractivity contribution < 1.29 is 9.59 Å². The summed E-state index contributed by atoms with van der Waals surface area (Å²) < 4.78 is 0. The van der Waals surface area contributed by atoms with E-state index in [1.807, 2.05) is 29.2 Å². The summed E-state index contributed by atoms with van der Waals surface area (Å²) in [6.45, 7) is 7.44. The molecule has 0 radical (unpaired) electrons. The van der Waals surface area contributed by atoms with Gasteiger partial charge in [-0.3, -0.25) is 9.69 Å². The summed E-state index contributed by atoms with van der Waals surface area (Å²) in [5.74, 6) is 0.671. The molecule has 3 heterocycles. The molecule has 0 aromatic heterocycles. The zero-order valence-electron chi connectivity index (χ0n) is 14.3. The van der Waals surface area contributed by atoms with Crippen LogP contribution in [0.1, 0.15) is 17.3 Å². The minimum absolute atomic E-state index is 0.0708. The Bertz CT molecular complexity index is 674. The molecule has 1 aromatic rings. The van der Waals surface area contributed by atoms with Gasteiger partial charge in [-0.2, -0.15) is 0 Å². The van der Waals surface area contributed by atoms with Crippen LogP contribution >= 0.6 is 0 Å². The zero-order valence-corrected chi connectivity index (χ0v) is 14.3. The van der Waals surface area contributed by atoms with Crippen molar-refractivity contribution >= 4 is 17.6 Å². The average Bonchev–Trinajstić information content (AvgIpc) is 3.18. The predicted molar refractivity (Wildman–Crippen MR) is 92.2 cm³/mol. The first-order valence-electron chi connectivity index (χ1n) is 8.59. The van der Waals surface area contributed by atoms with Gasteiger partial charge in [0, 0.05) is 55.9 Å². The molecule has 24 heavy (non-hydrogen) atoms. The number of benzene rings is 1. The van der Waals surface area contributed by atoms with Crippen molar-refractivity contribution in [2.75, 3.05) is 51.2 Å². The Morgan fingerprint density at radius 3 is 2.58 bits per heavy atom. The fraction of sp³-hybridized carbons (Fsp3) is 0.556. The lowest BCUT2D eigenvalue weighted by Crippen LogP contribution is -2.34. The van der Waals surface area contributed by atoms with Crippen LogP contribution in [0.5, 0.6) is 0 Å². The number of nitrogens with zero attached hydrogens (tertiary/aromatic N) is 3. The largest absolute Gasteiger partial charge is 0.338 e. The lowest BCUT2D eigenvalue weighted by atomic mass is 9.83. The van der Waals surface area contributed by atoms with Gasteiger partial charge >= 0.3 is 6.03 Å². The number of hydrogen-bond donors (Lipinski definition) is 1. The van der Waals surface area contributed by atoms with Crippen LogP contribution in [0.15, 0.2) is 24.3 Å². The Morgan fingerprint density at radius 2 is 1.96 bits per heavy atom. The third-order valence-electron chi connectivity index (χ3n) is 5.71. The predicted octanol–water partition coefficient (Wildman–Crippen LogP) is 1.24. The van der Waals surface area contributed by atoms with Crippen molar-refractivity contribution in [3.8, 4) is 0 Å². The van der Waals surface area contributed by atoms with Crippen LogP contribution < -0.4 is 10.2 Å². The zero-order chi connectivity index (χ0) is 16.9. The molecule has 0 aliphatic carbocycles. The third kappa shape index (κ3) is 2.45. The van der Waals surface area contributed by atoms with E-state index < -0.39 is 0 Å². The molecule has 2 atom stereocenters. The molecule has 0 spiro atoms. The van der Waals surface area contributed by atoms with Crippen molar-refractivity contribution in [1.82, 2.24) is 15.1 Å². The summed E-state index contributed by atoms with van der Waals surface area (Å²) in [6, 6.07) is 7.34. The van der Waals surface area contributed by atoms with Gasteiger partial charge in [-0.15, -0.1) is 0 Å². The van der Waals surface area contributed by atoms with Crippen molar-refractivity contribution in [2.24, 2.45) is 11.3 Å². The summed E-state index contributed by atoms with van der Waals surface area (Å²) in [5.41, 5.74) is 1.77. The van der Waals surface area contributed by atoms with Crippen LogP contribution in [0.4, 0.5) is 10.5 Å². The molecule has 1 N–H and O–H groups in total. The number of carbonyl (C=O) groups excluding carboxylic acids is 2. The lowest BCUT2D eigenvalue weighted by molar-refractivity contribution is 0.0765. The maximum atomic E-state index is 12.8. The van der Waals surface area contributed by atoms with E-state index in [1.165, 1.54) is 0 Å². The highest BCUT2D eigenvalue weighted by Gasteiger charge is 2.49. The van der Waals surface area contributed by atoms with Crippen molar-refractivity contribution in [2.45, 2.75) is 6.92 Å². The van der Waals surface area contributed by atoms with E-state index in [0.717, 1.165) is 31.9 Å². The van der Waals surface area contributed by atoms with Gasteiger partial charge in [-0.1, -0.05) is 6.92 Å². The first kappa shape index (κ1) is 15.4. The first-order chi connectivity index (χ1) is 11.5. The van der Waals surface area contributed by atoms with Crippen LogP contribution in [0.3, 0.4) is 0 Å². The molecule has 3 aliphatic heterocycles. The number of rotatable bonds is 2. The highest BCUT2D eigenvalue weighted by Crippen LogP contribution is 2.41. The number of hydrogen-bond acceptors (Lipinski definition) is 3. The standard InChI is InChI=1S/C18H24N4O2/c1-18-11-20(2)9-14(18)10-21(12-18)16(23)13-3-5-15(6-4-13)22-8-7-19-17(22)24/h3-6,14H,7-12H2,1-2H3,(H,19,24)/t14-,18+/m1/s1. The average molecular weight is 328 g/mol. The second-order valence-corrected chi connectivity index (χ2v) is 7.66. The van der Waals surface area contributed by atoms with Gasteiger partial charge in [0.25, 0.3) is 5.91 Å². The van der Waals surface area contributed by atoms with Gasteiger partial charge in [0.2, 0.25) is 0 Å². The maximum Gasteiger partial charge on any atom is 0.321 e. The lowest BCUT2D eigenvalue weighted by Gasteiger charge is -2.24. The fourth-order valence-electron chi connectivity index (χ4n) is 4.47. The number of nitrogens with one attached hydrogen (secondary N) is 1. The van der Waals surface area contributed by atoms with Gasteiger partial charge in [0.15, 0.2) is 0 Å². The molecule has 6 nitrogen and oxygen atoms in total. The fourth-order valence-corrected chi connectivity index (χ4v) is 4.47. The Labute approximate surface area is 142 Å². The molecule has 3 amide bonds. The molecule has 0 unspecified atom stereocenters. The van der Waals surface area contributed by atoms with Crippen LogP contribution in [-0.4, -0.2) is 68.1 Å². The molecule has 3 aliphatic rings. The number of urea groups is 1. The molecule has 128 valence electrons. The van der Waals surface area contributed by atoms with Crippen LogP contribution in [0.25, 0.3) is 0 Å². The van der Waals surface area contributed by atoms with Crippen molar-refractivity contribution in [3.63, 3.8) is 0 Å². The number of fused-ring (bicyclic) bond motifs is 1. The van der Waals surface area contributed by atoms with E-state index in [4.69, 9.17) is 0 Å². The smallest absolute Gasteiger partial charge is 0.321 e. The summed E-state index contributed by atoms with van der Waals surface area (Å²) in [5, 5.41) is 2.79. The summed E-state index contributed by atoms with van der Waals surface area (Å²) in [4.78, 5) is 30.6. The Balaban J connectivity index is 1.47. The van der Waals surface area contributed by atoms with Gasteiger partial charge in [-0.05, 0) is 37.2 Å². The molecule has 4 rings (SSSR count). The topological polar surface area (TPSA) is 55.9 Å². The number of carbonyl (C=O) groups is 2. The monoisotopic (exact) mass is 328 g/mol. The summed E-state index contributed by atoms with van der Waals surface area (Å²) >= 11 is 0. The molecule has 1 aromatic carbocycles. The first-order valence-corrected chi connectivity index (χ1v) is 8.59. The number of amides is 3. The highest BCUT2D eigenvalue weighted by atomic mass is 16.2. The Hall–Kier alpha value is -2.08. The normalized spacial score (nSPS) is 29.9. The number of anilines is 1. The van der Waals surface area contributed by atoms with Gasteiger partial charge in [0.05, 0.1) is 0 Å².